The Morgan fingerprint density at radius 2 is 1.63 bits per heavy atom. The van der Waals surface area contributed by atoms with Crippen molar-refractivity contribution >= 4 is 22.5 Å². The molecule has 0 amide bonds. The maximum absolute atomic E-state index is 13.5. The minimum Gasteiger partial charge on any atom is -0.495 e. The Hall–Kier alpha value is -3.64. The first kappa shape index (κ1) is 27.4. The summed E-state index contributed by atoms with van der Waals surface area (Å²) in [5.41, 5.74) is -5.74. The van der Waals surface area contributed by atoms with Crippen LogP contribution in [0.3, 0.4) is 0 Å². The maximum atomic E-state index is 13.5. The molecule has 2 heterocycles. The summed E-state index contributed by atoms with van der Waals surface area (Å²) < 4.78 is 86.1. The van der Waals surface area contributed by atoms with Gasteiger partial charge in [0.2, 0.25) is 0 Å². The van der Waals surface area contributed by atoms with Gasteiger partial charge in [0.25, 0.3) is 11.2 Å². The largest absolute Gasteiger partial charge is 0.495 e. The Labute approximate surface area is 216 Å². The number of ether oxygens (including phenoxy) is 1. The molecular formula is C25H18ClF6N3O3. The highest BCUT2D eigenvalue weighted by molar-refractivity contribution is 6.32. The zero-order valence-corrected chi connectivity index (χ0v) is 20.4. The SMILES string of the molecule is COc1cc2nc(Cc3ccc(C)nc3)n(-c3ccc(C(O)(C(F)(F)F)C(F)(F)F)cc3)c(=O)c2cc1Cl. The third-order valence-electron chi connectivity index (χ3n) is 5.91. The van der Waals surface area contributed by atoms with Crippen LogP contribution >= 0.6 is 11.6 Å². The van der Waals surface area contributed by atoms with E-state index in [0.717, 1.165) is 22.4 Å². The van der Waals surface area contributed by atoms with Crippen molar-refractivity contribution in [3.05, 3.63) is 92.7 Å². The normalized spacial score (nSPS) is 12.7. The van der Waals surface area contributed by atoms with Gasteiger partial charge in [-0.05, 0) is 36.8 Å². The maximum Gasteiger partial charge on any atom is 0.430 e. The van der Waals surface area contributed by atoms with Gasteiger partial charge in [0.1, 0.15) is 11.6 Å². The van der Waals surface area contributed by atoms with E-state index in [0.29, 0.717) is 17.7 Å². The summed E-state index contributed by atoms with van der Waals surface area (Å²) in [4.78, 5) is 22.3. The number of aryl methyl sites for hydroxylation is 1. The Morgan fingerprint density at radius 1 is 1.00 bits per heavy atom. The smallest absolute Gasteiger partial charge is 0.430 e. The third-order valence-corrected chi connectivity index (χ3v) is 6.21. The van der Waals surface area contributed by atoms with Crippen LogP contribution in [0.5, 0.6) is 5.75 Å². The molecule has 2 aromatic heterocycles. The quantitative estimate of drug-likeness (QED) is 0.321. The highest BCUT2D eigenvalue weighted by Gasteiger charge is 2.71. The fourth-order valence-electron chi connectivity index (χ4n) is 3.90. The number of benzene rings is 2. The Kier molecular flexibility index (Phi) is 6.91. The van der Waals surface area contributed by atoms with Gasteiger partial charge in [-0.2, -0.15) is 26.3 Å². The second-order valence-corrected chi connectivity index (χ2v) is 8.82. The van der Waals surface area contributed by atoms with Gasteiger partial charge >= 0.3 is 12.4 Å². The predicted octanol–water partition coefficient (Wildman–Crippen LogP) is 5.65. The Balaban J connectivity index is 1.93. The highest BCUT2D eigenvalue weighted by atomic mass is 35.5. The molecule has 0 spiro atoms. The number of nitrogens with zero attached hydrogens (tertiary/aromatic N) is 3. The number of hydrogen-bond acceptors (Lipinski definition) is 5. The minimum absolute atomic E-state index is 0.0349. The molecule has 13 heteroatoms. The van der Waals surface area contributed by atoms with Gasteiger partial charge in [0, 0.05) is 29.9 Å². The third kappa shape index (κ3) is 4.69. The van der Waals surface area contributed by atoms with Crippen LogP contribution in [-0.4, -0.2) is 39.1 Å². The standard InChI is InChI=1S/C25H18ClF6N3O3/c1-13-3-4-14(12-33-13)9-21-34-19-11-20(38-2)18(26)10-17(19)22(36)35(21)16-7-5-15(6-8-16)23(37,24(27,28)29)25(30,31)32/h3-8,10-12,37H,9H2,1-2H3. The number of halogens is 7. The number of alkyl halides is 6. The van der Waals surface area contributed by atoms with Crippen molar-refractivity contribution in [1.29, 1.82) is 0 Å². The van der Waals surface area contributed by atoms with Gasteiger partial charge in [-0.15, -0.1) is 0 Å². The molecule has 38 heavy (non-hydrogen) atoms. The highest BCUT2D eigenvalue weighted by Crippen LogP contribution is 2.50. The van der Waals surface area contributed by atoms with Crippen LogP contribution in [0.1, 0.15) is 22.6 Å². The van der Waals surface area contributed by atoms with Crippen molar-refractivity contribution in [3.63, 3.8) is 0 Å². The van der Waals surface area contributed by atoms with Crippen molar-refractivity contribution in [2.45, 2.75) is 31.3 Å². The van der Waals surface area contributed by atoms with Crippen molar-refractivity contribution in [2.75, 3.05) is 7.11 Å². The molecule has 2 aromatic carbocycles. The topological polar surface area (TPSA) is 77.2 Å². The van der Waals surface area contributed by atoms with Crippen molar-refractivity contribution in [3.8, 4) is 11.4 Å². The van der Waals surface area contributed by atoms with Crippen molar-refractivity contribution in [2.24, 2.45) is 0 Å². The second-order valence-electron chi connectivity index (χ2n) is 8.41. The molecule has 0 aliphatic heterocycles. The summed E-state index contributed by atoms with van der Waals surface area (Å²) in [6.07, 6.45) is -10.5. The molecule has 200 valence electrons. The summed E-state index contributed by atoms with van der Waals surface area (Å²) in [7, 11) is 1.37. The van der Waals surface area contributed by atoms with E-state index >= 15 is 0 Å². The van der Waals surface area contributed by atoms with Gasteiger partial charge in [-0.3, -0.25) is 14.3 Å². The summed E-state index contributed by atoms with van der Waals surface area (Å²) >= 11 is 6.16. The fourth-order valence-corrected chi connectivity index (χ4v) is 4.14. The molecule has 0 atom stereocenters. The van der Waals surface area contributed by atoms with E-state index in [2.05, 4.69) is 9.97 Å². The fraction of sp³-hybridized carbons (Fsp3) is 0.240. The second kappa shape index (κ2) is 9.59. The van der Waals surface area contributed by atoms with E-state index in [4.69, 9.17) is 16.3 Å². The van der Waals surface area contributed by atoms with E-state index in [9.17, 15) is 36.2 Å². The summed E-state index contributed by atoms with van der Waals surface area (Å²) in [5, 5.41) is 9.83. The first-order valence-electron chi connectivity index (χ1n) is 10.8. The average Bonchev–Trinajstić information content (AvgIpc) is 2.84. The lowest BCUT2D eigenvalue weighted by Crippen LogP contribution is -2.53. The number of methoxy groups -OCH3 is 1. The number of pyridine rings is 1. The van der Waals surface area contributed by atoms with Crippen LogP contribution in [0.4, 0.5) is 26.3 Å². The van der Waals surface area contributed by atoms with E-state index in [1.54, 1.807) is 25.3 Å². The van der Waals surface area contributed by atoms with Crippen LogP contribution in [0.2, 0.25) is 5.02 Å². The Bertz CT molecular complexity index is 1540. The summed E-state index contributed by atoms with van der Waals surface area (Å²) in [6, 6.07) is 8.88. The first-order chi connectivity index (χ1) is 17.7. The molecule has 0 bridgehead atoms. The molecule has 0 radical (unpaired) electrons. The molecule has 0 aliphatic rings. The minimum atomic E-state index is -6.05. The Morgan fingerprint density at radius 3 is 2.16 bits per heavy atom. The number of rotatable bonds is 5. The molecular weight excluding hydrogens is 540 g/mol. The average molecular weight is 558 g/mol. The van der Waals surface area contributed by atoms with Gasteiger partial charge in [0.15, 0.2) is 0 Å². The van der Waals surface area contributed by atoms with Crippen molar-refractivity contribution < 1.29 is 36.2 Å². The van der Waals surface area contributed by atoms with E-state index in [-0.39, 0.29) is 39.6 Å². The molecule has 0 unspecified atom stereocenters. The molecule has 0 saturated carbocycles. The zero-order valence-electron chi connectivity index (χ0n) is 19.7. The van der Waals surface area contributed by atoms with Crippen LogP contribution in [0.25, 0.3) is 16.6 Å². The number of fused-ring (bicyclic) bond motifs is 1. The number of aliphatic hydroxyl groups is 1. The molecule has 1 N–H and O–H groups in total. The van der Waals surface area contributed by atoms with E-state index in [1.165, 1.54) is 19.2 Å². The number of aromatic nitrogens is 3. The molecule has 4 rings (SSSR count). The van der Waals surface area contributed by atoms with Crippen LogP contribution in [0, 0.1) is 6.92 Å². The first-order valence-corrected chi connectivity index (χ1v) is 11.2. The van der Waals surface area contributed by atoms with Gasteiger partial charge in [-0.1, -0.05) is 29.8 Å². The molecule has 4 aromatic rings. The summed E-state index contributed by atoms with van der Waals surface area (Å²) in [5.74, 6) is 0.363. The van der Waals surface area contributed by atoms with Gasteiger partial charge in [-0.25, -0.2) is 4.98 Å². The van der Waals surface area contributed by atoms with Crippen LogP contribution in [-0.2, 0) is 12.0 Å². The van der Waals surface area contributed by atoms with Crippen LogP contribution in [0.15, 0.2) is 59.5 Å². The number of hydrogen-bond donors (Lipinski definition) is 1. The zero-order chi connectivity index (χ0) is 28.0. The lowest BCUT2D eigenvalue weighted by atomic mass is 9.92. The molecule has 0 fully saturated rings. The predicted molar refractivity (Wildman–Crippen MR) is 127 cm³/mol. The van der Waals surface area contributed by atoms with Gasteiger partial charge in [0.05, 0.1) is 28.7 Å². The lowest BCUT2D eigenvalue weighted by molar-refractivity contribution is -0.376. The van der Waals surface area contributed by atoms with Crippen molar-refractivity contribution in [1.82, 2.24) is 14.5 Å². The monoisotopic (exact) mass is 557 g/mol. The lowest BCUT2D eigenvalue weighted by Gasteiger charge is -2.32. The van der Waals surface area contributed by atoms with E-state index < -0.39 is 29.1 Å². The molecule has 0 saturated heterocycles. The van der Waals surface area contributed by atoms with E-state index in [1.807, 2.05) is 0 Å². The van der Waals surface area contributed by atoms with Gasteiger partial charge < -0.3 is 9.84 Å². The van der Waals surface area contributed by atoms with Crippen LogP contribution < -0.4 is 10.3 Å². The molecule has 6 nitrogen and oxygen atoms in total. The molecule has 0 aliphatic carbocycles. The summed E-state index contributed by atoms with van der Waals surface area (Å²) in [6.45, 7) is 1.77.